The quantitative estimate of drug-likeness (QED) is 0.232. The number of phenolic OH excluding ortho intramolecular Hbond substituents is 1. The van der Waals surface area contributed by atoms with Crippen molar-refractivity contribution >= 4 is 41.3 Å². The molecule has 0 bridgehead atoms. The number of fused-ring (bicyclic) bond motifs is 1. The molecule has 0 radical (unpaired) electrons. The van der Waals surface area contributed by atoms with E-state index in [1.54, 1.807) is 6.07 Å². The first-order valence-electron chi connectivity index (χ1n) is 10.0. The zero-order valence-electron chi connectivity index (χ0n) is 17.1. The summed E-state index contributed by atoms with van der Waals surface area (Å²) in [7, 11) is 1.82. The van der Waals surface area contributed by atoms with Gasteiger partial charge in [-0.05, 0) is 30.7 Å². The molecule has 2 aromatic heterocycles. The van der Waals surface area contributed by atoms with Gasteiger partial charge in [0.05, 0.1) is 5.69 Å². The third-order valence-electron chi connectivity index (χ3n) is 5.26. The number of guanidine groups is 1. The minimum absolute atomic E-state index is 0. The van der Waals surface area contributed by atoms with E-state index < -0.39 is 0 Å². The van der Waals surface area contributed by atoms with Crippen LogP contribution in [-0.2, 0) is 6.42 Å². The van der Waals surface area contributed by atoms with Gasteiger partial charge in [-0.2, -0.15) is 0 Å². The first-order valence-corrected chi connectivity index (χ1v) is 10.0. The Labute approximate surface area is 193 Å². The lowest BCUT2D eigenvalue weighted by Crippen LogP contribution is -2.52. The lowest BCUT2D eigenvalue weighted by atomic mass is 10.2. The van der Waals surface area contributed by atoms with Crippen molar-refractivity contribution in [1.82, 2.24) is 24.8 Å². The first kappa shape index (κ1) is 22.1. The summed E-state index contributed by atoms with van der Waals surface area (Å²) in [5.74, 6) is 2.24. The highest BCUT2D eigenvalue weighted by atomic mass is 127. The monoisotopic (exact) mass is 521 g/mol. The van der Waals surface area contributed by atoms with Gasteiger partial charge in [0.2, 0.25) is 0 Å². The molecule has 4 rings (SSSR count). The third-order valence-corrected chi connectivity index (χ3v) is 5.26. The van der Waals surface area contributed by atoms with Crippen molar-refractivity contribution in [3.05, 3.63) is 54.5 Å². The average Bonchev–Trinajstić information content (AvgIpc) is 3.18. The van der Waals surface area contributed by atoms with Crippen LogP contribution >= 0.6 is 24.0 Å². The van der Waals surface area contributed by atoms with E-state index in [0.29, 0.717) is 5.75 Å². The van der Waals surface area contributed by atoms with Crippen LogP contribution in [0.5, 0.6) is 5.75 Å². The van der Waals surface area contributed by atoms with Gasteiger partial charge < -0.3 is 20.2 Å². The molecule has 0 spiro atoms. The molecule has 1 aliphatic heterocycles. The number of phenols is 1. The van der Waals surface area contributed by atoms with Gasteiger partial charge in [0.1, 0.15) is 11.6 Å². The molecule has 0 atom stereocenters. The lowest BCUT2D eigenvalue weighted by Gasteiger charge is -2.37. The molecular formula is C21H28IN7O. The number of nitrogens with one attached hydrogen (secondary N) is 1. The summed E-state index contributed by atoms with van der Waals surface area (Å²) in [4.78, 5) is 8.93. The van der Waals surface area contributed by atoms with E-state index in [1.165, 1.54) is 0 Å². The Kier molecular flexibility index (Phi) is 7.72. The minimum atomic E-state index is 0. The number of nitrogens with zero attached hydrogens (tertiary/aromatic N) is 6. The van der Waals surface area contributed by atoms with E-state index >= 15 is 0 Å². The number of aryl methyl sites for hydroxylation is 1. The fraction of sp³-hybridized carbons (Fsp3) is 0.381. The average molecular weight is 521 g/mol. The number of rotatable bonds is 5. The summed E-state index contributed by atoms with van der Waals surface area (Å²) in [6.45, 7) is 4.26. The van der Waals surface area contributed by atoms with Gasteiger partial charge in [-0.15, -0.1) is 34.2 Å². The van der Waals surface area contributed by atoms with Gasteiger partial charge in [0.25, 0.3) is 0 Å². The molecule has 1 aromatic carbocycles. The topological polar surface area (TPSA) is 81.3 Å². The van der Waals surface area contributed by atoms with Crippen LogP contribution in [0.3, 0.4) is 0 Å². The number of aromatic nitrogens is 3. The SMILES string of the molecule is CN=C(NCCCc1nnc2ccccn12)N1CCN(c2ccccc2O)CC1.I. The number of para-hydroxylation sites is 2. The Morgan fingerprint density at radius 3 is 2.60 bits per heavy atom. The van der Waals surface area contributed by atoms with Gasteiger partial charge in [-0.3, -0.25) is 9.39 Å². The van der Waals surface area contributed by atoms with Crippen LogP contribution in [0.4, 0.5) is 5.69 Å². The van der Waals surface area contributed by atoms with Crippen molar-refractivity contribution in [2.24, 2.45) is 4.99 Å². The van der Waals surface area contributed by atoms with Crippen LogP contribution in [0.25, 0.3) is 5.65 Å². The highest BCUT2D eigenvalue weighted by Gasteiger charge is 2.21. The molecule has 0 saturated carbocycles. The second kappa shape index (κ2) is 10.5. The molecule has 8 nitrogen and oxygen atoms in total. The van der Waals surface area contributed by atoms with Crippen molar-refractivity contribution in [3.8, 4) is 5.75 Å². The van der Waals surface area contributed by atoms with Crippen LogP contribution in [0, 0.1) is 0 Å². The van der Waals surface area contributed by atoms with Crippen molar-refractivity contribution in [1.29, 1.82) is 0 Å². The number of piperazine rings is 1. The van der Waals surface area contributed by atoms with Crippen molar-refractivity contribution in [3.63, 3.8) is 0 Å². The van der Waals surface area contributed by atoms with E-state index in [9.17, 15) is 5.11 Å². The molecule has 30 heavy (non-hydrogen) atoms. The van der Waals surface area contributed by atoms with E-state index in [2.05, 4.69) is 30.3 Å². The molecule has 0 aliphatic carbocycles. The van der Waals surface area contributed by atoms with E-state index in [1.807, 2.05) is 54.0 Å². The second-order valence-electron chi connectivity index (χ2n) is 7.09. The Morgan fingerprint density at radius 2 is 1.83 bits per heavy atom. The number of aliphatic imine (C=N–C) groups is 1. The Balaban J connectivity index is 0.00000256. The van der Waals surface area contributed by atoms with E-state index in [4.69, 9.17) is 0 Å². The fourth-order valence-corrected chi connectivity index (χ4v) is 3.73. The third kappa shape index (κ3) is 4.94. The summed E-state index contributed by atoms with van der Waals surface area (Å²) in [5, 5.41) is 22.0. The van der Waals surface area contributed by atoms with Gasteiger partial charge in [0, 0.05) is 52.4 Å². The van der Waals surface area contributed by atoms with Crippen molar-refractivity contribution < 1.29 is 5.11 Å². The van der Waals surface area contributed by atoms with Crippen LogP contribution in [0.1, 0.15) is 12.2 Å². The van der Waals surface area contributed by atoms with Gasteiger partial charge in [0.15, 0.2) is 11.6 Å². The lowest BCUT2D eigenvalue weighted by molar-refractivity contribution is 0.369. The van der Waals surface area contributed by atoms with Crippen molar-refractivity contribution in [2.75, 3.05) is 44.7 Å². The van der Waals surface area contributed by atoms with Crippen molar-refractivity contribution in [2.45, 2.75) is 12.8 Å². The summed E-state index contributed by atoms with van der Waals surface area (Å²) >= 11 is 0. The fourth-order valence-electron chi connectivity index (χ4n) is 3.73. The molecule has 1 fully saturated rings. The number of benzene rings is 1. The summed E-state index contributed by atoms with van der Waals surface area (Å²) in [6, 6.07) is 13.4. The number of pyridine rings is 1. The summed E-state index contributed by atoms with van der Waals surface area (Å²) in [5.41, 5.74) is 1.78. The maximum absolute atomic E-state index is 10.1. The number of hydrogen-bond donors (Lipinski definition) is 2. The number of anilines is 1. The zero-order chi connectivity index (χ0) is 20.1. The highest BCUT2D eigenvalue weighted by Crippen LogP contribution is 2.27. The molecule has 9 heteroatoms. The van der Waals surface area contributed by atoms with Crippen LogP contribution in [-0.4, -0.2) is 70.3 Å². The van der Waals surface area contributed by atoms with Crippen LogP contribution in [0.15, 0.2) is 53.7 Å². The normalized spacial score (nSPS) is 14.6. The minimum Gasteiger partial charge on any atom is -0.506 e. The standard InChI is InChI=1S/C21H27N7O.HI/c1-22-21(23-11-6-10-20-25-24-19-9-4-5-12-28(19)20)27-15-13-26(14-16-27)17-7-2-3-8-18(17)29;/h2-5,7-9,12,29H,6,10-11,13-16H2,1H3,(H,22,23);1H. The van der Waals surface area contributed by atoms with E-state index in [0.717, 1.165) is 68.7 Å². The predicted molar refractivity (Wildman–Crippen MR) is 130 cm³/mol. The summed E-state index contributed by atoms with van der Waals surface area (Å²) < 4.78 is 2.03. The molecule has 160 valence electrons. The van der Waals surface area contributed by atoms with Crippen LogP contribution in [0.2, 0.25) is 0 Å². The predicted octanol–water partition coefficient (Wildman–Crippen LogP) is 2.38. The van der Waals surface area contributed by atoms with Gasteiger partial charge in [-0.25, -0.2) is 0 Å². The molecule has 1 saturated heterocycles. The Hall–Kier alpha value is -2.56. The molecule has 1 aliphatic rings. The molecule has 3 aromatic rings. The highest BCUT2D eigenvalue weighted by molar-refractivity contribution is 14.0. The first-order chi connectivity index (χ1) is 14.3. The zero-order valence-corrected chi connectivity index (χ0v) is 19.4. The number of aromatic hydroxyl groups is 1. The van der Waals surface area contributed by atoms with Crippen LogP contribution < -0.4 is 10.2 Å². The molecule has 0 amide bonds. The summed E-state index contributed by atoms with van der Waals surface area (Å²) in [6.07, 6.45) is 3.81. The van der Waals surface area contributed by atoms with Gasteiger partial charge >= 0.3 is 0 Å². The van der Waals surface area contributed by atoms with E-state index in [-0.39, 0.29) is 24.0 Å². The number of hydrogen-bond acceptors (Lipinski definition) is 5. The maximum atomic E-state index is 10.1. The Bertz CT molecular complexity index is 982. The number of halogens is 1. The maximum Gasteiger partial charge on any atom is 0.193 e. The molecule has 0 unspecified atom stereocenters. The largest absolute Gasteiger partial charge is 0.506 e. The van der Waals surface area contributed by atoms with Gasteiger partial charge in [-0.1, -0.05) is 18.2 Å². The molecular weight excluding hydrogens is 493 g/mol. The second-order valence-corrected chi connectivity index (χ2v) is 7.09. The smallest absolute Gasteiger partial charge is 0.193 e. The molecule has 3 heterocycles. The molecule has 2 N–H and O–H groups in total. The Morgan fingerprint density at radius 1 is 1.07 bits per heavy atom.